The first-order valence-corrected chi connectivity index (χ1v) is 10.6. The van der Waals surface area contributed by atoms with Crippen LogP contribution in [0.5, 0.6) is 0 Å². The zero-order valence-electron chi connectivity index (χ0n) is 17.4. The lowest BCUT2D eigenvalue weighted by molar-refractivity contribution is -0.117. The van der Waals surface area contributed by atoms with E-state index in [0.29, 0.717) is 30.8 Å². The highest BCUT2D eigenvalue weighted by Crippen LogP contribution is 2.24. The maximum Gasteiger partial charge on any atom is 0.321 e. The fraction of sp³-hybridized carbons (Fsp3) is 0.500. The van der Waals surface area contributed by atoms with Gasteiger partial charge in [-0.15, -0.1) is 10.2 Å². The Kier molecular flexibility index (Phi) is 9.14. The molecule has 0 saturated carbocycles. The summed E-state index contributed by atoms with van der Waals surface area (Å²) >= 11 is 1.24. The average Bonchev–Trinajstić information content (AvgIpc) is 3.07. The van der Waals surface area contributed by atoms with Crippen molar-refractivity contribution in [1.29, 1.82) is 0 Å². The van der Waals surface area contributed by atoms with Crippen LogP contribution >= 0.6 is 11.8 Å². The van der Waals surface area contributed by atoms with Gasteiger partial charge >= 0.3 is 6.03 Å². The number of nitrogens with zero attached hydrogens (tertiary/aromatic N) is 3. The highest BCUT2D eigenvalue weighted by molar-refractivity contribution is 7.99. The smallest absolute Gasteiger partial charge is 0.321 e. The lowest BCUT2D eigenvalue weighted by Crippen LogP contribution is -2.40. The maximum absolute atomic E-state index is 12.1. The van der Waals surface area contributed by atoms with Crippen molar-refractivity contribution in [3.8, 4) is 11.4 Å². The number of carbonyl (C=O) groups is 2. The minimum atomic E-state index is -0.474. The van der Waals surface area contributed by atoms with Gasteiger partial charge < -0.3 is 10.1 Å². The fourth-order valence-electron chi connectivity index (χ4n) is 2.59. The van der Waals surface area contributed by atoms with Gasteiger partial charge in [-0.2, -0.15) is 0 Å². The molecule has 0 aliphatic rings. The van der Waals surface area contributed by atoms with Crippen molar-refractivity contribution in [1.82, 2.24) is 25.4 Å². The van der Waals surface area contributed by atoms with Crippen LogP contribution < -0.4 is 10.6 Å². The van der Waals surface area contributed by atoms with Crippen LogP contribution in [0.4, 0.5) is 4.79 Å². The minimum Gasteiger partial charge on any atom is -0.383 e. The number of hydrogen-bond donors (Lipinski definition) is 2. The lowest BCUT2D eigenvalue weighted by Gasteiger charge is -2.10. The summed E-state index contributed by atoms with van der Waals surface area (Å²) in [7, 11) is 1.63. The Morgan fingerprint density at radius 3 is 2.76 bits per heavy atom. The summed E-state index contributed by atoms with van der Waals surface area (Å²) < 4.78 is 7.13. The summed E-state index contributed by atoms with van der Waals surface area (Å²) in [5.74, 6) is 0.898. The molecule has 1 aromatic heterocycles. The molecule has 1 aromatic carbocycles. The van der Waals surface area contributed by atoms with E-state index < -0.39 is 6.03 Å². The summed E-state index contributed by atoms with van der Waals surface area (Å²) in [5, 5.41) is 14.2. The second-order valence-electron chi connectivity index (χ2n) is 7.10. The first-order chi connectivity index (χ1) is 13.9. The van der Waals surface area contributed by atoms with Crippen LogP contribution in [-0.2, 0) is 16.1 Å². The Labute approximate surface area is 175 Å². The van der Waals surface area contributed by atoms with Crippen LogP contribution in [0.2, 0.25) is 0 Å². The van der Waals surface area contributed by atoms with E-state index in [4.69, 9.17) is 4.74 Å². The van der Waals surface area contributed by atoms with E-state index in [2.05, 4.69) is 34.7 Å². The van der Waals surface area contributed by atoms with Crippen molar-refractivity contribution in [3.05, 3.63) is 29.8 Å². The second-order valence-corrected chi connectivity index (χ2v) is 8.04. The van der Waals surface area contributed by atoms with Gasteiger partial charge in [0.25, 0.3) is 0 Å². The molecule has 0 aliphatic carbocycles. The van der Waals surface area contributed by atoms with Gasteiger partial charge in [0.1, 0.15) is 0 Å². The van der Waals surface area contributed by atoms with Crippen molar-refractivity contribution >= 4 is 23.7 Å². The first kappa shape index (κ1) is 22.9. The van der Waals surface area contributed by atoms with Gasteiger partial charge in [-0.05, 0) is 25.3 Å². The molecule has 8 nitrogen and oxygen atoms in total. The minimum absolute atomic E-state index is 0.0660. The number of thioether (sulfide) groups is 1. The Balaban J connectivity index is 1.99. The molecule has 0 atom stereocenters. The number of hydrogen-bond acceptors (Lipinski definition) is 6. The molecule has 0 spiro atoms. The quantitative estimate of drug-likeness (QED) is 0.575. The standard InChI is InChI=1S/C20H29N5O3S/c1-14(2)8-9-21-19(27)22-17(26)13-29-20-24-23-18(25(20)10-11-28-4)16-7-5-6-15(3)12-16/h5-7,12,14H,8-11,13H2,1-4H3,(H2,21,22,26,27). The van der Waals surface area contributed by atoms with E-state index in [1.807, 2.05) is 35.8 Å². The molecule has 2 N–H and O–H groups in total. The van der Waals surface area contributed by atoms with Crippen molar-refractivity contribution < 1.29 is 14.3 Å². The number of imide groups is 1. The number of rotatable bonds is 10. The topological polar surface area (TPSA) is 98.1 Å². The summed E-state index contributed by atoms with van der Waals surface area (Å²) in [6, 6.07) is 7.53. The number of ether oxygens (including phenoxy) is 1. The number of benzene rings is 1. The fourth-order valence-corrected chi connectivity index (χ4v) is 3.35. The van der Waals surface area contributed by atoms with Crippen LogP contribution in [0.1, 0.15) is 25.8 Å². The molecule has 0 saturated heterocycles. The molecular weight excluding hydrogens is 390 g/mol. The lowest BCUT2D eigenvalue weighted by atomic mass is 10.1. The van der Waals surface area contributed by atoms with Crippen LogP contribution in [0.3, 0.4) is 0 Å². The van der Waals surface area contributed by atoms with E-state index in [0.717, 1.165) is 23.4 Å². The summed E-state index contributed by atoms with van der Waals surface area (Å²) in [6.07, 6.45) is 0.862. The zero-order valence-corrected chi connectivity index (χ0v) is 18.2. The molecule has 2 rings (SSSR count). The predicted octanol–water partition coefficient (Wildman–Crippen LogP) is 2.86. The summed E-state index contributed by atoms with van der Waals surface area (Å²) in [6.45, 7) is 7.76. The van der Waals surface area contributed by atoms with E-state index >= 15 is 0 Å². The van der Waals surface area contributed by atoms with Gasteiger partial charge in [0.2, 0.25) is 5.91 Å². The van der Waals surface area contributed by atoms with Crippen molar-refractivity contribution in [2.24, 2.45) is 5.92 Å². The summed E-state index contributed by atoms with van der Waals surface area (Å²) in [5.41, 5.74) is 2.08. The van der Waals surface area contributed by atoms with Crippen molar-refractivity contribution in [2.75, 3.05) is 26.0 Å². The Morgan fingerprint density at radius 2 is 2.07 bits per heavy atom. The van der Waals surface area contributed by atoms with E-state index in [1.165, 1.54) is 11.8 Å². The Bertz CT molecular complexity index is 822. The molecule has 9 heteroatoms. The molecule has 0 fully saturated rings. The SMILES string of the molecule is COCCn1c(SCC(=O)NC(=O)NCCC(C)C)nnc1-c1cccc(C)c1. The zero-order chi connectivity index (χ0) is 21.2. The molecular formula is C20H29N5O3S. The van der Waals surface area contributed by atoms with Gasteiger partial charge in [0.05, 0.1) is 18.9 Å². The van der Waals surface area contributed by atoms with Crippen LogP contribution in [0, 0.1) is 12.8 Å². The second kappa shape index (κ2) is 11.6. The Hall–Kier alpha value is -2.39. The van der Waals surface area contributed by atoms with Crippen molar-refractivity contribution in [3.63, 3.8) is 0 Å². The van der Waals surface area contributed by atoms with E-state index in [1.54, 1.807) is 7.11 Å². The third kappa shape index (κ3) is 7.51. The highest BCUT2D eigenvalue weighted by Gasteiger charge is 2.16. The number of carbonyl (C=O) groups excluding carboxylic acids is 2. The van der Waals surface area contributed by atoms with Crippen LogP contribution in [-0.4, -0.2) is 52.7 Å². The molecule has 29 heavy (non-hydrogen) atoms. The molecule has 0 radical (unpaired) electrons. The molecule has 3 amide bonds. The number of urea groups is 1. The monoisotopic (exact) mass is 419 g/mol. The third-order valence-corrected chi connectivity index (χ3v) is 5.07. The van der Waals surface area contributed by atoms with Crippen LogP contribution in [0.15, 0.2) is 29.4 Å². The summed E-state index contributed by atoms with van der Waals surface area (Å²) in [4.78, 5) is 23.9. The number of aryl methyl sites for hydroxylation is 1. The maximum atomic E-state index is 12.1. The van der Waals surface area contributed by atoms with Gasteiger partial charge in [0, 0.05) is 19.2 Å². The highest BCUT2D eigenvalue weighted by atomic mass is 32.2. The number of amides is 3. The van der Waals surface area contributed by atoms with E-state index in [9.17, 15) is 9.59 Å². The first-order valence-electron chi connectivity index (χ1n) is 9.60. The predicted molar refractivity (Wildman–Crippen MR) is 114 cm³/mol. The van der Waals surface area contributed by atoms with Gasteiger partial charge in [0.15, 0.2) is 11.0 Å². The largest absolute Gasteiger partial charge is 0.383 e. The van der Waals surface area contributed by atoms with Gasteiger partial charge in [-0.3, -0.25) is 14.7 Å². The number of aromatic nitrogens is 3. The van der Waals surface area contributed by atoms with Crippen LogP contribution in [0.25, 0.3) is 11.4 Å². The molecule has 158 valence electrons. The molecule has 0 unspecified atom stereocenters. The number of methoxy groups -OCH3 is 1. The van der Waals surface area contributed by atoms with Gasteiger partial charge in [-0.25, -0.2) is 4.79 Å². The molecule has 2 aromatic rings. The molecule has 0 bridgehead atoms. The van der Waals surface area contributed by atoms with Gasteiger partial charge in [-0.1, -0.05) is 49.4 Å². The molecule has 1 heterocycles. The molecule has 0 aliphatic heterocycles. The average molecular weight is 420 g/mol. The third-order valence-electron chi connectivity index (χ3n) is 4.10. The normalized spacial score (nSPS) is 10.9. The van der Waals surface area contributed by atoms with Crippen molar-refractivity contribution in [2.45, 2.75) is 38.9 Å². The Morgan fingerprint density at radius 1 is 1.28 bits per heavy atom. The van der Waals surface area contributed by atoms with E-state index in [-0.39, 0.29) is 11.7 Å². The number of nitrogens with one attached hydrogen (secondary N) is 2.